The molecule has 3 N–H and O–H groups in total. The molecular formula is C27H32N6O3. The van der Waals surface area contributed by atoms with Gasteiger partial charge >= 0.3 is 6.03 Å². The van der Waals surface area contributed by atoms with Gasteiger partial charge < -0.3 is 14.6 Å². The van der Waals surface area contributed by atoms with E-state index in [0.717, 1.165) is 56.2 Å². The molecule has 0 radical (unpaired) electrons. The zero-order chi connectivity index (χ0) is 25.4. The maximum absolute atomic E-state index is 12.2. The minimum Gasteiger partial charge on any atom is -0.384 e. The lowest BCUT2D eigenvalue weighted by Crippen LogP contribution is -2.38. The predicted molar refractivity (Wildman–Crippen MR) is 140 cm³/mol. The Morgan fingerprint density at radius 3 is 2.36 bits per heavy atom. The van der Waals surface area contributed by atoms with Gasteiger partial charge in [-0.1, -0.05) is 37.8 Å². The summed E-state index contributed by atoms with van der Waals surface area (Å²) in [7, 11) is 0. The van der Waals surface area contributed by atoms with Crippen LogP contribution in [0.25, 0.3) is 0 Å². The second kappa shape index (κ2) is 11.7. The van der Waals surface area contributed by atoms with Crippen LogP contribution in [0.15, 0.2) is 53.2 Å². The molecule has 9 heteroatoms. The van der Waals surface area contributed by atoms with Gasteiger partial charge in [-0.05, 0) is 36.4 Å². The Labute approximate surface area is 211 Å². The largest absolute Gasteiger partial charge is 0.384 e. The Kier molecular flexibility index (Phi) is 8.21. The molecule has 0 aliphatic carbocycles. The average molecular weight is 489 g/mol. The Hall–Kier alpha value is -3.87. The van der Waals surface area contributed by atoms with Gasteiger partial charge in [0.05, 0.1) is 13.2 Å². The van der Waals surface area contributed by atoms with Crippen molar-refractivity contribution < 1.29 is 14.1 Å². The highest BCUT2D eigenvalue weighted by molar-refractivity contribution is 5.98. The van der Waals surface area contributed by atoms with Crippen molar-refractivity contribution in [3.05, 3.63) is 65.5 Å². The first-order chi connectivity index (χ1) is 17.3. The Bertz CT molecular complexity index is 1200. The number of pyridine rings is 1. The number of rotatable bonds is 6. The van der Waals surface area contributed by atoms with E-state index in [4.69, 9.17) is 9.26 Å². The van der Waals surface area contributed by atoms with Gasteiger partial charge in [-0.25, -0.2) is 9.78 Å². The SMILES string of the molecule is CC(C)(C)c1cc(NC(=O)Nc2ccc(C#Cc3ccc(NCCN4CCOCC4)cc3)cn2)no1. The third-order valence-electron chi connectivity index (χ3n) is 5.59. The van der Waals surface area contributed by atoms with Crippen LogP contribution < -0.4 is 16.0 Å². The zero-order valence-corrected chi connectivity index (χ0v) is 20.9. The second-order valence-electron chi connectivity index (χ2n) is 9.55. The zero-order valence-electron chi connectivity index (χ0n) is 20.9. The van der Waals surface area contributed by atoms with Crippen molar-refractivity contribution in [2.24, 2.45) is 0 Å². The highest BCUT2D eigenvalue weighted by Crippen LogP contribution is 2.24. The Morgan fingerprint density at radius 2 is 1.69 bits per heavy atom. The summed E-state index contributed by atoms with van der Waals surface area (Å²) in [5.74, 6) is 7.69. The fraction of sp³-hybridized carbons (Fsp3) is 0.370. The number of amides is 2. The third-order valence-corrected chi connectivity index (χ3v) is 5.59. The van der Waals surface area contributed by atoms with E-state index in [-0.39, 0.29) is 5.41 Å². The van der Waals surface area contributed by atoms with Gasteiger partial charge in [0.1, 0.15) is 11.6 Å². The lowest BCUT2D eigenvalue weighted by Gasteiger charge is -2.26. The van der Waals surface area contributed by atoms with Crippen LogP contribution in [-0.2, 0) is 10.2 Å². The van der Waals surface area contributed by atoms with Gasteiger partial charge in [-0.2, -0.15) is 0 Å². The van der Waals surface area contributed by atoms with E-state index in [1.165, 1.54) is 0 Å². The number of nitrogens with one attached hydrogen (secondary N) is 3. The maximum atomic E-state index is 12.2. The van der Waals surface area contributed by atoms with Gasteiger partial charge in [0.25, 0.3) is 0 Å². The van der Waals surface area contributed by atoms with Crippen LogP contribution in [-0.4, -0.2) is 60.5 Å². The molecule has 0 bridgehead atoms. The number of nitrogens with zero attached hydrogens (tertiary/aromatic N) is 3. The molecule has 1 saturated heterocycles. The van der Waals surface area contributed by atoms with Crippen LogP contribution in [0.3, 0.4) is 0 Å². The van der Waals surface area contributed by atoms with E-state index in [1.54, 1.807) is 18.3 Å². The van der Waals surface area contributed by atoms with E-state index >= 15 is 0 Å². The molecule has 0 saturated carbocycles. The number of urea groups is 1. The molecule has 1 fully saturated rings. The van der Waals surface area contributed by atoms with E-state index in [0.29, 0.717) is 17.4 Å². The highest BCUT2D eigenvalue weighted by Gasteiger charge is 2.20. The van der Waals surface area contributed by atoms with Crippen LogP contribution in [0.1, 0.15) is 37.7 Å². The van der Waals surface area contributed by atoms with Gasteiger partial charge in [0, 0.05) is 60.7 Å². The van der Waals surface area contributed by atoms with Crippen LogP contribution >= 0.6 is 0 Å². The van der Waals surface area contributed by atoms with Crippen molar-refractivity contribution in [2.75, 3.05) is 55.3 Å². The Morgan fingerprint density at radius 1 is 1.00 bits per heavy atom. The van der Waals surface area contributed by atoms with Crippen molar-refractivity contribution in [1.29, 1.82) is 0 Å². The molecule has 0 spiro atoms. The van der Waals surface area contributed by atoms with Crippen molar-refractivity contribution in [3.63, 3.8) is 0 Å². The standard InChI is InChI=1S/C27H32N6O3/c1-27(2,3)23-18-25(32-36-23)31-26(34)30-24-11-8-21(19-29-24)5-4-20-6-9-22(10-7-20)28-12-13-33-14-16-35-17-15-33/h6-11,18-19,28H,12-17H2,1-3H3,(H2,29,30,31,32,34). The molecule has 1 aliphatic rings. The average Bonchev–Trinajstić information content (AvgIpc) is 3.34. The fourth-order valence-electron chi connectivity index (χ4n) is 3.49. The summed E-state index contributed by atoms with van der Waals surface area (Å²) in [4.78, 5) is 18.9. The van der Waals surface area contributed by atoms with Gasteiger partial charge in [0.15, 0.2) is 5.82 Å². The number of anilines is 3. The maximum Gasteiger partial charge on any atom is 0.326 e. The van der Waals surface area contributed by atoms with Crippen molar-refractivity contribution in [1.82, 2.24) is 15.0 Å². The minimum atomic E-state index is -0.450. The van der Waals surface area contributed by atoms with Gasteiger partial charge in [0.2, 0.25) is 0 Å². The van der Waals surface area contributed by atoms with Crippen LogP contribution in [0.5, 0.6) is 0 Å². The van der Waals surface area contributed by atoms with Crippen LogP contribution in [0.4, 0.5) is 22.1 Å². The van der Waals surface area contributed by atoms with Gasteiger partial charge in [-0.3, -0.25) is 15.5 Å². The molecular weight excluding hydrogens is 456 g/mol. The molecule has 0 unspecified atom stereocenters. The lowest BCUT2D eigenvalue weighted by molar-refractivity contribution is 0.0398. The fourth-order valence-corrected chi connectivity index (χ4v) is 3.49. The molecule has 0 atom stereocenters. The number of hydrogen-bond donors (Lipinski definition) is 3. The van der Waals surface area contributed by atoms with Crippen molar-refractivity contribution in [3.8, 4) is 11.8 Å². The smallest absolute Gasteiger partial charge is 0.326 e. The van der Waals surface area contributed by atoms with Crippen LogP contribution in [0, 0.1) is 11.8 Å². The number of hydrogen-bond acceptors (Lipinski definition) is 7. The summed E-state index contributed by atoms with van der Waals surface area (Å²) in [5, 5.41) is 12.6. The molecule has 9 nitrogen and oxygen atoms in total. The monoisotopic (exact) mass is 488 g/mol. The third kappa shape index (κ3) is 7.57. The lowest BCUT2D eigenvalue weighted by atomic mass is 9.93. The van der Waals surface area contributed by atoms with E-state index < -0.39 is 6.03 Å². The molecule has 4 rings (SSSR count). The highest BCUT2D eigenvalue weighted by atomic mass is 16.5. The summed E-state index contributed by atoms with van der Waals surface area (Å²) >= 11 is 0. The quantitative estimate of drug-likeness (QED) is 0.448. The summed E-state index contributed by atoms with van der Waals surface area (Å²) in [6.45, 7) is 11.5. The van der Waals surface area contributed by atoms with E-state index in [9.17, 15) is 4.79 Å². The predicted octanol–water partition coefficient (Wildman–Crippen LogP) is 4.16. The molecule has 1 aliphatic heterocycles. The number of morpholine rings is 1. The number of carbonyl (C=O) groups is 1. The van der Waals surface area contributed by atoms with E-state index in [2.05, 4.69) is 42.8 Å². The van der Waals surface area contributed by atoms with Crippen LogP contribution in [0.2, 0.25) is 0 Å². The van der Waals surface area contributed by atoms with E-state index in [1.807, 2.05) is 51.1 Å². The summed E-state index contributed by atoms with van der Waals surface area (Å²) in [5.41, 5.74) is 2.55. The molecule has 2 amide bonds. The summed E-state index contributed by atoms with van der Waals surface area (Å²) < 4.78 is 10.7. The first kappa shape index (κ1) is 25.2. The first-order valence-electron chi connectivity index (χ1n) is 12.0. The van der Waals surface area contributed by atoms with Crippen molar-refractivity contribution in [2.45, 2.75) is 26.2 Å². The molecule has 36 heavy (non-hydrogen) atoms. The topological polar surface area (TPSA) is 105 Å². The minimum absolute atomic E-state index is 0.191. The molecule has 2 aromatic heterocycles. The Balaban J connectivity index is 1.24. The second-order valence-corrected chi connectivity index (χ2v) is 9.55. The molecule has 1 aromatic carbocycles. The normalized spacial score (nSPS) is 14.0. The summed E-state index contributed by atoms with van der Waals surface area (Å²) in [6.07, 6.45) is 1.62. The number of carbonyl (C=O) groups excluding carboxylic acids is 1. The van der Waals surface area contributed by atoms with Gasteiger partial charge in [-0.15, -0.1) is 0 Å². The first-order valence-corrected chi connectivity index (χ1v) is 12.0. The molecule has 188 valence electrons. The molecule has 3 aromatic rings. The number of benzene rings is 1. The van der Waals surface area contributed by atoms with Crippen molar-refractivity contribution >= 4 is 23.4 Å². The number of aromatic nitrogens is 2. The number of ether oxygens (including phenoxy) is 1. The summed E-state index contributed by atoms with van der Waals surface area (Å²) in [6, 6.07) is 12.8. The molecule has 3 heterocycles.